The lowest BCUT2D eigenvalue weighted by Gasteiger charge is -2.21. The number of rotatable bonds is 5. The summed E-state index contributed by atoms with van der Waals surface area (Å²) >= 11 is 0. The average molecular weight is 293 g/mol. The molecule has 1 fully saturated rings. The molecule has 114 valence electrons. The highest BCUT2D eigenvalue weighted by atomic mass is 16.5. The average Bonchev–Trinajstić information content (AvgIpc) is 2.87. The first kappa shape index (κ1) is 15.3. The summed E-state index contributed by atoms with van der Waals surface area (Å²) in [6.07, 6.45) is 0.174. The van der Waals surface area contributed by atoms with E-state index >= 15 is 0 Å². The van der Waals surface area contributed by atoms with Crippen LogP contribution in [0.3, 0.4) is 0 Å². The van der Waals surface area contributed by atoms with Gasteiger partial charge in [0.15, 0.2) is 0 Å². The Morgan fingerprint density at radius 1 is 1.33 bits per heavy atom. The van der Waals surface area contributed by atoms with Gasteiger partial charge in [-0.2, -0.15) is 0 Å². The predicted octanol–water partition coefficient (Wildman–Crippen LogP) is 1.14. The molecule has 0 aliphatic carbocycles. The van der Waals surface area contributed by atoms with Crippen LogP contribution in [-0.2, 0) is 4.79 Å². The fourth-order valence-corrected chi connectivity index (χ4v) is 2.35. The molecule has 6 heteroatoms. The molecule has 2 atom stereocenters. The zero-order valence-corrected chi connectivity index (χ0v) is 11.9. The summed E-state index contributed by atoms with van der Waals surface area (Å²) in [4.78, 5) is 24.7. The van der Waals surface area contributed by atoms with E-state index in [0.717, 1.165) is 6.42 Å². The van der Waals surface area contributed by atoms with Crippen molar-refractivity contribution in [3.05, 3.63) is 29.8 Å². The molecule has 6 nitrogen and oxygen atoms in total. The Balaban J connectivity index is 2.10. The number of aliphatic hydroxyl groups excluding tert-OH is 1. The van der Waals surface area contributed by atoms with Crippen molar-refractivity contribution in [3.63, 3.8) is 0 Å². The smallest absolute Gasteiger partial charge is 0.326 e. The molecular weight excluding hydrogens is 274 g/mol. The van der Waals surface area contributed by atoms with E-state index in [1.165, 1.54) is 4.90 Å². The fraction of sp³-hybridized carbons (Fsp3) is 0.467. The Labute approximate surface area is 122 Å². The lowest BCUT2D eigenvalue weighted by molar-refractivity contribution is -0.141. The van der Waals surface area contributed by atoms with Crippen LogP contribution in [-0.4, -0.2) is 52.3 Å². The molecule has 1 saturated heterocycles. The van der Waals surface area contributed by atoms with Gasteiger partial charge in [0.1, 0.15) is 11.8 Å². The number of nitrogens with zero attached hydrogens (tertiary/aromatic N) is 1. The van der Waals surface area contributed by atoms with Crippen LogP contribution >= 0.6 is 0 Å². The highest BCUT2D eigenvalue weighted by Gasteiger charge is 2.39. The summed E-state index contributed by atoms with van der Waals surface area (Å²) in [6.45, 7) is 2.65. The van der Waals surface area contributed by atoms with Gasteiger partial charge in [-0.15, -0.1) is 0 Å². The molecule has 1 aliphatic heterocycles. The number of carbonyl (C=O) groups excluding carboxylic acids is 1. The maximum Gasteiger partial charge on any atom is 0.326 e. The number of amides is 1. The fourth-order valence-electron chi connectivity index (χ4n) is 2.35. The van der Waals surface area contributed by atoms with Gasteiger partial charge in [-0.25, -0.2) is 4.79 Å². The third kappa shape index (κ3) is 3.52. The molecule has 1 aromatic carbocycles. The van der Waals surface area contributed by atoms with Crippen LogP contribution in [0.2, 0.25) is 0 Å². The summed E-state index contributed by atoms with van der Waals surface area (Å²) in [7, 11) is 0. The van der Waals surface area contributed by atoms with E-state index in [0.29, 0.717) is 17.9 Å². The maximum atomic E-state index is 12.3. The number of carboxylic acids is 1. The molecule has 0 saturated carbocycles. The van der Waals surface area contributed by atoms with Gasteiger partial charge in [0.25, 0.3) is 5.91 Å². The lowest BCUT2D eigenvalue weighted by Crippen LogP contribution is -2.40. The number of ether oxygens (including phenoxy) is 1. The Kier molecular flexibility index (Phi) is 4.80. The molecular formula is C15H19NO5. The molecule has 1 aliphatic rings. The van der Waals surface area contributed by atoms with Gasteiger partial charge in [-0.1, -0.05) is 6.92 Å². The Bertz CT molecular complexity index is 513. The van der Waals surface area contributed by atoms with E-state index in [4.69, 9.17) is 9.84 Å². The second-order valence-electron chi connectivity index (χ2n) is 5.07. The minimum absolute atomic E-state index is 0.0455. The van der Waals surface area contributed by atoms with Gasteiger partial charge >= 0.3 is 5.97 Å². The van der Waals surface area contributed by atoms with Crippen LogP contribution in [0.25, 0.3) is 0 Å². The van der Waals surface area contributed by atoms with Crippen LogP contribution in [0.5, 0.6) is 5.75 Å². The van der Waals surface area contributed by atoms with Crippen LogP contribution in [0.15, 0.2) is 24.3 Å². The summed E-state index contributed by atoms with van der Waals surface area (Å²) in [5, 5.41) is 18.7. The van der Waals surface area contributed by atoms with Crippen LogP contribution in [0, 0.1) is 0 Å². The van der Waals surface area contributed by atoms with E-state index in [-0.39, 0.29) is 18.9 Å². The van der Waals surface area contributed by atoms with Gasteiger partial charge < -0.3 is 19.8 Å². The van der Waals surface area contributed by atoms with Crippen molar-refractivity contribution in [1.82, 2.24) is 4.90 Å². The van der Waals surface area contributed by atoms with Gasteiger partial charge in [-0.3, -0.25) is 4.79 Å². The number of benzene rings is 1. The molecule has 0 aromatic heterocycles. The number of aliphatic carboxylic acids is 1. The molecule has 0 bridgehead atoms. The normalized spacial score (nSPS) is 21.3. The van der Waals surface area contributed by atoms with E-state index in [1.807, 2.05) is 6.92 Å². The van der Waals surface area contributed by atoms with Crippen molar-refractivity contribution in [2.24, 2.45) is 0 Å². The van der Waals surface area contributed by atoms with Crippen molar-refractivity contribution < 1.29 is 24.5 Å². The van der Waals surface area contributed by atoms with Crippen LogP contribution < -0.4 is 4.74 Å². The lowest BCUT2D eigenvalue weighted by atomic mass is 10.1. The van der Waals surface area contributed by atoms with E-state index in [1.54, 1.807) is 24.3 Å². The van der Waals surface area contributed by atoms with Crippen molar-refractivity contribution in [2.45, 2.75) is 31.9 Å². The molecule has 21 heavy (non-hydrogen) atoms. The van der Waals surface area contributed by atoms with Crippen LogP contribution in [0.1, 0.15) is 30.1 Å². The highest BCUT2D eigenvalue weighted by molar-refractivity contribution is 5.97. The first-order valence-electron chi connectivity index (χ1n) is 6.97. The second-order valence-corrected chi connectivity index (χ2v) is 5.07. The van der Waals surface area contributed by atoms with E-state index in [9.17, 15) is 14.7 Å². The number of carbonyl (C=O) groups is 2. The SMILES string of the molecule is CCCOc1ccc(C(=O)N2CC(O)C[C@H]2C(=O)O)cc1. The van der Waals surface area contributed by atoms with Gasteiger partial charge in [-0.05, 0) is 30.7 Å². The highest BCUT2D eigenvalue weighted by Crippen LogP contribution is 2.22. The summed E-state index contributed by atoms with van der Waals surface area (Å²) in [5.74, 6) is -0.812. The minimum atomic E-state index is -1.09. The number of β-amino-alcohol motifs (C(OH)–C–C–N with tert-alkyl or cyclic N) is 1. The van der Waals surface area contributed by atoms with Crippen molar-refractivity contribution in [1.29, 1.82) is 0 Å². The summed E-state index contributed by atoms with van der Waals surface area (Å²) in [6, 6.07) is 5.62. The Hall–Kier alpha value is -2.08. The van der Waals surface area contributed by atoms with Crippen molar-refractivity contribution >= 4 is 11.9 Å². The number of hydrogen-bond acceptors (Lipinski definition) is 4. The second kappa shape index (κ2) is 6.58. The third-order valence-corrected chi connectivity index (χ3v) is 3.40. The molecule has 0 spiro atoms. The van der Waals surface area contributed by atoms with E-state index in [2.05, 4.69) is 0 Å². The monoisotopic (exact) mass is 293 g/mol. The number of likely N-dealkylation sites (tertiary alicyclic amines) is 1. The number of hydrogen-bond donors (Lipinski definition) is 2. The van der Waals surface area contributed by atoms with Crippen molar-refractivity contribution in [2.75, 3.05) is 13.2 Å². The van der Waals surface area contributed by atoms with E-state index < -0.39 is 18.1 Å². The summed E-state index contributed by atoms with van der Waals surface area (Å²) in [5.41, 5.74) is 0.388. The topological polar surface area (TPSA) is 87.1 Å². The first-order valence-corrected chi connectivity index (χ1v) is 6.97. The molecule has 1 amide bonds. The molecule has 1 heterocycles. The van der Waals surface area contributed by atoms with Crippen molar-refractivity contribution in [3.8, 4) is 5.75 Å². The largest absolute Gasteiger partial charge is 0.494 e. The van der Waals surface area contributed by atoms with Crippen LogP contribution in [0.4, 0.5) is 0 Å². The van der Waals surface area contributed by atoms with Gasteiger partial charge in [0.05, 0.1) is 12.7 Å². The zero-order valence-electron chi connectivity index (χ0n) is 11.9. The molecule has 1 unspecified atom stereocenters. The number of aliphatic hydroxyl groups is 1. The quantitative estimate of drug-likeness (QED) is 0.850. The maximum absolute atomic E-state index is 12.3. The molecule has 0 radical (unpaired) electrons. The first-order chi connectivity index (χ1) is 10.0. The Morgan fingerprint density at radius 2 is 2.00 bits per heavy atom. The Morgan fingerprint density at radius 3 is 2.57 bits per heavy atom. The minimum Gasteiger partial charge on any atom is -0.494 e. The summed E-state index contributed by atoms with van der Waals surface area (Å²) < 4.78 is 5.43. The molecule has 2 N–H and O–H groups in total. The third-order valence-electron chi connectivity index (χ3n) is 3.40. The molecule has 2 rings (SSSR count). The van der Waals surface area contributed by atoms with Gasteiger partial charge in [0, 0.05) is 18.5 Å². The molecule has 1 aromatic rings. The zero-order chi connectivity index (χ0) is 15.4. The standard InChI is InChI=1S/C15H19NO5/c1-2-7-21-12-5-3-10(4-6-12)14(18)16-9-11(17)8-13(16)15(19)20/h3-6,11,13,17H,2,7-9H2,1H3,(H,19,20)/t11?,13-/m0/s1. The van der Waals surface area contributed by atoms with Gasteiger partial charge in [0.2, 0.25) is 0 Å². The predicted molar refractivity (Wildman–Crippen MR) is 75.3 cm³/mol. The number of carboxylic acid groups (broad SMARTS) is 1.